The molecule has 20 heavy (non-hydrogen) atoms. The summed E-state index contributed by atoms with van der Waals surface area (Å²) in [5.74, 6) is 0.652. The van der Waals surface area contributed by atoms with Crippen LogP contribution < -0.4 is 10.1 Å². The van der Waals surface area contributed by atoms with Gasteiger partial charge in [0.1, 0.15) is 5.75 Å². The van der Waals surface area contributed by atoms with Crippen LogP contribution in [0.5, 0.6) is 5.75 Å². The molecule has 1 amide bonds. The maximum absolute atomic E-state index is 11.9. The van der Waals surface area contributed by atoms with Gasteiger partial charge < -0.3 is 15.2 Å². The Balaban J connectivity index is 1.90. The maximum Gasteiger partial charge on any atom is 0.251 e. The number of nitrogens with one attached hydrogen (secondary N) is 1. The summed E-state index contributed by atoms with van der Waals surface area (Å²) in [6.45, 7) is 1.70. The van der Waals surface area contributed by atoms with Gasteiger partial charge in [0.15, 0.2) is 0 Å². The third-order valence-electron chi connectivity index (χ3n) is 3.62. The average molecular weight is 277 g/mol. The van der Waals surface area contributed by atoms with Crippen molar-refractivity contribution in [2.45, 2.75) is 51.2 Å². The SMILES string of the molecule is CC(CO)NC(=O)c1ccc(OC2CCCCC2)cc1. The van der Waals surface area contributed by atoms with Crippen molar-refractivity contribution in [2.24, 2.45) is 0 Å². The van der Waals surface area contributed by atoms with Gasteiger partial charge in [0.05, 0.1) is 12.7 Å². The molecular formula is C16H23NO3. The highest BCUT2D eigenvalue weighted by molar-refractivity contribution is 5.94. The molecule has 1 unspecified atom stereocenters. The van der Waals surface area contributed by atoms with E-state index in [1.54, 1.807) is 19.1 Å². The van der Waals surface area contributed by atoms with Crippen LogP contribution >= 0.6 is 0 Å². The quantitative estimate of drug-likeness (QED) is 0.869. The van der Waals surface area contributed by atoms with Crippen LogP contribution in [0.15, 0.2) is 24.3 Å². The van der Waals surface area contributed by atoms with Crippen molar-refractivity contribution in [3.63, 3.8) is 0 Å². The van der Waals surface area contributed by atoms with Crippen LogP contribution in [0, 0.1) is 0 Å². The molecule has 1 saturated carbocycles. The molecule has 1 atom stereocenters. The van der Waals surface area contributed by atoms with E-state index in [2.05, 4.69) is 5.32 Å². The van der Waals surface area contributed by atoms with E-state index in [-0.39, 0.29) is 18.6 Å². The number of carbonyl (C=O) groups is 1. The largest absolute Gasteiger partial charge is 0.490 e. The van der Waals surface area contributed by atoms with Crippen LogP contribution in [-0.4, -0.2) is 29.8 Å². The van der Waals surface area contributed by atoms with Gasteiger partial charge in [-0.25, -0.2) is 0 Å². The van der Waals surface area contributed by atoms with E-state index in [0.717, 1.165) is 18.6 Å². The fourth-order valence-electron chi connectivity index (χ4n) is 2.41. The Labute approximate surface area is 120 Å². The molecule has 4 heteroatoms. The first-order valence-corrected chi connectivity index (χ1v) is 7.37. The summed E-state index contributed by atoms with van der Waals surface area (Å²) in [5, 5.41) is 11.6. The number of carbonyl (C=O) groups excluding carboxylic acids is 1. The molecule has 2 N–H and O–H groups in total. The molecule has 1 aromatic carbocycles. The van der Waals surface area contributed by atoms with Gasteiger partial charge in [-0.2, -0.15) is 0 Å². The predicted molar refractivity (Wildman–Crippen MR) is 78.0 cm³/mol. The molecule has 0 heterocycles. The Morgan fingerprint density at radius 3 is 2.55 bits per heavy atom. The fourth-order valence-corrected chi connectivity index (χ4v) is 2.41. The van der Waals surface area contributed by atoms with Gasteiger partial charge in [-0.15, -0.1) is 0 Å². The van der Waals surface area contributed by atoms with E-state index in [1.807, 2.05) is 12.1 Å². The smallest absolute Gasteiger partial charge is 0.251 e. The highest BCUT2D eigenvalue weighted by Gasteiger charge is 2.15. The first-order chi connectivity index (χ1) is 9.69. The molecule has 1 aliphatic carbocycles. The lowest BCUT2D eigenvalue weighted by molar-refractivity contribution is 0.0922. The summed E-state index contributed by atoms with van der Waals surface area (Å²) in [7, 11) is 0. The predicted octanol–water partition coefficient (Wildman–Crippen LogP) is 2.51. The second kappa shape index (κ2) is 7.29. The molecule has 1 aliphatic rings. The second-order valence-electron chi connectivity index (χ2n) is 5.46. The normalized spacial score (nSPS) is 17.5. The third kappa shape index (κ3) is 4.23. The molecule has 0 spiro atoms. The van der Waals surface area contributed by atoms with Crippen LogP contribution in [-0.2, 0) is 0 Å². The zero-order chi connectivity index (χ0) is 14.4. The molecular weight excluding hydrogens is 254 g/mol. The lowest BCUT2D eigenvalue weighted by Gasteiger charge is -2.23. The third-order valence-corrected chi connectivity index (χ3v) is 3.62. The van der Waals surface area contributed by atoms with E-state index in [4.69, 9.17) is 9.84 Å². The Morgan fingerprint density at radius 1 is 1.30 bits per heavy atom. The molecule has 1 aromatic rings. The van der Waals surface area contributed by atoms with Crippen molar-refractivity contribution in [1.29, 1.82) is 0 Å². The van der Waals surface area contributed by atoms with Crippen molar-refractivity contribution in [1.82, 2.24) is 5.32 Å². The number of aliphatic hydroxyl groups excluding tert-OH is 1. The Morgan fingerprint density at radius 2 is 1.95 bits per heavy atom. The molecule has 2 rings (SSSR count). The monoisotopic (exact) mass is 277 g/mol. The van der Waals surface area contributed by atoms with Gasteiger partial charge in [0.25, 0.3) is 5.91 Å². The number of hydrogen-bond donors (Lipinski definition) is 2. The van der Waals surface area contributed by atoms with Gasteiger partial charge in [0.2, 0.25) is 0 Å². The standard InChI is InChI=1S/C16H23NO3/c1-12(11-18)17-16(19)13-7-9-15(10-8-13)20-14-5-3-2-4-6-14/h7-10,12,14,18H,2-6,11H2,1H3,(H,17,19). The lowest BCUT2D eigenvalue weighted by Crippen LogP contribution is -2.34. The van der Waals surface area contributed by atoms with E-state index < -0.39 is 0 Å². The van der Waals surface area contributed by atoms with Gasteiger partial charge in [-0.05, 0) is 56.9 Å². The number of amides is 1. The first kappa shape index (κ1) is 14.9. The topological polar surface area (TPSA) is 58.6 Å². The van der Waals surface area contributed by atoms with E-state index in [1.165, 1.54) is 19.3 Å². The highest BCUT2D eigenvalue weighted by Crippen LogP contribution is 2.23. The molecule has 0 radical (unpaired) electrons. The Hall–Kier alpha value is -1.55. The minimum Gasteiger partial charge on any atom is -0.490 e. The average Bonchev–Trinajstić information content (AvgIpc) is 2.49. The number of benzene rings is 1. The summed E-state index contributed by atoms with van der Waals surface area (Å²) in [5.41, 5.74) is 0.585. The Kier molecular flexibility index (Phi) is 5.41. The minimum atomic E-state index is -0.235. The van der Waals surface area contributed by atoms with Crippen molar-refractivity contribution < 1.29 is 14.6 Å². The van der Waals surface area contributed by atoms with Crippen LogP contribution in [0.3, 0.4) is 0 Å². The molecule has 0 bridgehead atoms. The molecule has 4 nitrogen and oxygen atoms in total. The second-order valence-corrected chi connectivity index (χ2v) is 5.46. The molecule has 0 aliphatic heterocycles. The van der Waals surface area contributed by atoms with Crippen LogP contribution in [0.2, 0.25) is 0 Å². The summed E-state index contributed by atoms with van der Waals surface area (Å²) in [6, 6.07) is 6.97. The fraction of sp³-hybridized carbons (Fsp3) is 0.562. The van der Waals surface area contributed by atoms with Gasteiger partial charge in [-0.1, -0.05) is 6.42 Å². The van der Waals surface area contributed by atoms with Crippen molar-refractivity contribution >= 4 is 5.91 Å². The first-order valence-electron chi connectivity index (χ1n) is 7.37. The van der Waals surface area contributed by atoms with Crippen molar-refractivity contribution in [2.75, 3.05) is 6.61 Å². The Bertz CT molecular complexity index is 424. The maximum atomic E-state index is 11.9. The van der Waals surface area contributed by atoms with Gasteiger partial charge in [0, 0.05) is 11.6 Å². The number of rotatable bonds is 5. The van der Waals surface area contributed by atoms with Gasteiger partial charge >= 0.3 is 0 Å². The molecule has 1 fully saturated rings. The van der Waals surface area contributed by atoms with Crippen LogP contribution in [0.25, 0.3) is 0 Å². The van der Waals surface area contributed by atoms with E-state index >= 15 is 0 Å². The minimum absolute atomic E-state index is 0.0609. The summed E-state index contributed by atoms with van der Waals surface area (Å²) >= 11 is 0. The number of hydrogen-bond acceptors (Lipinski definition) is 3. The summed E-state index contributed by atoms with van der Waals surface area (Å²) < 4.78 is 5.92. The van der Waals surface area contributed by atoms with Crippen molar-refractivity contribution in [3.8, 4) is 5.75 Å². The number of aliphatic hydroxyl groups is 1. The molecule has 0 saturated heterocycles. The van der Waals surface area contributed by atoms with Crippen molar-refractivity contribution in [3.05, 3.63) is 29.8 Å². The zero-order valence-corrected chi connectivity index (χ0v) is 12.0. The highest BCUT2D eigenvalue weighted by atomic mass is 16.5. The molecule has 110 valence electrons. The number of ether oxygens (including phenoxy) is 1. The summed E-state index contributed by atoms with van der Waals surface area (Å²) in [4.78, 5) is 11.9. The van der Waals surface area contributed by atoms with Crippen LogP contribution in [0.1, 0.15) is 49.4 Å². The van der Waals surface area contributed by atoms with Gasteiger partial charge in [-0.3, -0.25) is 4.79 Å². The van der Waals surface area contributed by atoms with E-state index in [0.29, 0.717) is 11.7 Å². The molecule has 0 aromatic heterocycles. The zero-order valence-electron chi connectivity index (χ0n) is 12.0. The van der Waals surface area contributed by atoms with Crippen LogP contribution in [0.4, 0.5) is 0 Å². The summed E-state index contributed by atoms with van der Waals surface area (Å²) in [6.07, 6.45) is 6.35. The lowest BCUT2D eigenvalue weighted by atomic mass is 9.98. The van der Waals surface area contributed by atoms with E-state index in [9.17, 15) is 4.79 Å².